The zero-order valence-electron chi connectivity index (χ0n) is 10.9. The van der Waals surface area contributed by atoms with Crippen LogP contribution in [0.5, 0.6) is 0 Å². The first-order valence-electron chi connectivity index (χ1n) is 6.14. The van der Waals surface area contributed by atoms with Crippen LogP contribution in [-0.2, 0) is 23.7 Å². The summed E-state index contributed by atoms with van der Waals surface area (Å²) in [7, 11) is 0. The molecule has 3 saturated heterocycles. The molecular weight excluding hydrogens is 224 g/mol. The Hall–Kier alpha value is -0.200. The van der Waals surface area contributed by atoms with Crippen LogP contribution in [0.2, 0.25) is 0 Å². The van der Waals surface area contributed by atoms with Crippen LogP contribution in [-0.4, -0.2) is 42.3 Å². The quantitative estimate of drug-likeness (QED) is 0.644. The van der Waals surface area contributed by atoms with Crippen LogP contribution in [0.1, 0.15) is 34.6 Å². The van der Waals surface area contributed by atoms with Gasteiger partial charge in [0.2, 0.25) is 0 Å². The van der Waals surface area contributed by atoms with Gasteiger partial charge in [-0.05, 0) is 34.6 Å². The van der Waals surface area contributed by atoms with Crippen molar-refractivity contribution in [1.29, 1.82) is 0 Å². The van der Waals surface area contributed by atoms with Crippen molar-refractivity contribution >= 4 is 0 Å². The zero-order valence-corrected chi connectivity index (χ0v) is 10.9. The van der Waals surface area contributed by atoms with Gasteiger partial charge in [0.25, 0.3) is 0 Å². The Kier molecular flexibility index (Phi) is 2.39. The van der Waals surface area contributed by atoms with Crippen molar-refractivity contribution in [3.05, 3.63) is 0 Å². The Morgan fingerprint density at radius 2 is 1.24 bits per heavy atom. The highest BCUT2D eigenvalue weighted by Crippen LogP contribution is 2.43. The molecule has 3 aliphatic rings. The minimum absolute atomic E-state index is 0.0551. The normalized spacial score (nSPS) is 51.0. The first-order valence-corrected chi connectivity index (χ1v) is 6.14. The van der Waals surface area contributed by atoms with Gasteiger partial charge in [0.15, 0.2) is 17.9 Å². The van der Waals surface area contributed by atoms with Gasteiger partial charge in [-0.15, -0.1) is 0 Å². The fraction of sp³-hybridized carbons (Fsp3) is 1.00. The third kappa shape index (κ3) is 1.90. The molecule has 0 N–H and O–H groups in total. The molecule has 3 aliphatic heterocycles. The van der Waals surface area contributed by atoms with Gasteiger partial charge in [-0.2, -0.15) is 0 Å². The van der Waals surface area contributed by atoms with E-state index in [2.05, 4.69) is 0 Å². The van der Waals surface area contributed by atoms with Crippen molar-refractivity contribution in [2.45, 2.75) is 76.9 Å². The standard InChI is InChI=1S/C12H20O5/c1-6-7-8(15-11(2,3)14-7)9-10(13-6)17-12(4,5)16-9/h6-10H,1-5H3/t6-,7-,8+,9-,10+/m0/s1. The highest BCUT2D eigenvalue weighted by atomic mass is 16.9. The first kappa shape index (κ1) is 11.9. The highest BCUT2D eigenvalue weighted by Gasteiger charge is 2.59. The molecule has 3 heterocycles. The summed E-state index contributed by atoms with van der Waals surface area (Å²) < 4.78 is 29.2. The molecule has 17 heavy (non-hydrogen) atoms. The lowest BCUT2D eigenvalue weighted by molar-refractivity contribution is -0.229. The summed E-state index contributed by atoms with van der Waals surface area (Å²) in [4.78, 5) is 0. The Morgan fingerprint density at radius 3 is 1.94 bits per heavy atom. The van der Waals surface area contributed by atoms with E-state index in [-0.39, 0.29) is 30.7 Å². The minimum atomic E-state index is -0.625. The van der Waals surface area contributed by atoms with E-state index in [9.17, 15) is 0 Å². The lowest BCUT2D eigenvalue weighted by Gasteiger charge is -2.35. The van der Waals surface area contributed by atoms with E-state index in [1.54, 1.807) is 0 Å². The molecule has 0 saturated carbocycles. The molecule has 0 aromatic heterocycles. The Labute approximate surface area is 101 Å². The summed E-state index contributed by atoms with van der Waals surface area (Å²) in [5, 5.41) is 0. The second-order valence-electron chi connectivity index (χ2n) is 5.87. The van der Waals surface area contributed by atoms with Gasteiger partial charge in [-0.1, -0.05) is 0 Å². The molecule has 0 radical (unpaired) electrons. The van der Waals surface area contributed by atoms with E-state index in [1.807, 2.05) is 34.6 Å². The zero-order chi connectivity index (χ0) is 12.4. The third-order valence-electron chi connectivity index (χ3n) is 3.39. The van der Waals surface area contributed by atoms with Gasteiger partial charge >= 0.3 is 0 Å². The lowest BCUT2D eigenvalue weighted by atomic mass is 10.0. The molecule has 3 rings (SSSR count). The third-order valence-corrected chi connectivity index (χ3v) is 3.39. The van der Waals surface area contributed by atoms with Gasteiger partial charge in [-0.25, -0.2) is 0 Å². The van der Waals surface area contributed by atoms with Crippen molar-refractivity contribution in [1.82, 2.24) is 0 Å². The summed E-state index contributed by atoms with van der Waals surface area (Å²) in [6.45, 7) is 9.57. The van der Waals surface area contributed by atoms with E-state index in [4.69, 9.17) is 23.7 Å². The summed E-state index contributed by atoms with van der Waals surface area (Å²) in [5.74, 6) is -1.21. The Morgan fingerprint density at radius 1 is 0.706 bits per heavy atom. The molecule has 0 aromatic rings. The molecule has 0 aliphatic carbocycles. The van der Waals surface area contributed by atoms with E-state index >= 15 is 0 Å². The summed E-state index contributed by atoms with van der Waals surface area (Å²) >= 11 is 0. The Balaban J connectivity index is 1.86. The van der Waals surface area contributed by atoms with Crippen LogP contribution in [0.25, 0.3) is 0 Å². The van der Waals surface area contributed by atoms with Crippen molar-refractivity contribution < 1.29 is 23.7 Å². The average molecular weight is 244 g/mol. The van der Waals surface area contributed by atoms with Gasteiger partial charge in [0, 0.05) is 0 Å². The molecule has 0 aromatic carbocycles. The van der Waals surface area contributed by atoms with Crippen LogP contribution in [0, 0.1) is 0 Å². The SMILES string of the molecule is C[C@@H]1O[C@@H]2OC(C)(C)O[C@H]2[C@@H]2OC(C)(C)O[C@H]21. The number of hydrogen-bond acceptors (Lipinski definition) is 5. The first-order chi connectivity index (χ1) is 7.77. The van der Waals surface area contributed by atoms with E-state index in [0.29, 0.717) is 0 Å². The van der Waals surface area contributed by atoms with Crippen LogP contribution >= 0.6 is 0 Å². The second-order valence-corrected chi connectivity index (χ2v) is 5.87. The number of ether oxygens (including phenoxy) is 5. The molecular formula is C12H20O5. The van der Waals surface area contributed by atoms with Crippen molar-refractivity contribution in [2.75, 3.05) is 0 Å². The summed E-state index contributed by atoms with van der Waals surface area (Å²) in [6.07, 6.45) is -0.850. The molecule has 3 fully saturated rings. The van der Waals surface area contributed by atoms with Gasteiger partial charge in [0.05, 0.1) is 6.10 Å². The van der Waals surface area contributed by atoms with Crippen LogP contribution in [0.4, 0.5) is 0 Å². The van der Waals surface area contributed by atoms with Crippen LogP contribution in [0.15, 0.2) is 0 Å². The molecule has 0 amide bonds. The fourth-order valence-electron chi connectivity index (χ4n) is 2.81. The van der Waals surface area contributed by atoms with Crippen molar-refractivity contribution in [3.8, 4) is 0 Å². The van der Waals surface area contributed by atoms with E-state index in [1.165, 1.54) is 0 Å². The topological polar surface area (TPSA) is 46.2 Å². The van der Waals surface area contributed by atoms with Gasteiger partial charge in [-0.3, -0.25) is 0 Å². The highest BCUT2D eigenvalue weighted by molar-refractivity contribution is 4.98. The molecule has 5 atom stereocenters. The van der Waals surface area contributed by atoms with Crippen molar-refractivity contribution in [3.63, 3.8) is 0 Å². The predicted octanol–water partition coefficient (Wildman–Crippen LogP) is 1.40. The fourth-order valence-corrected chi connectivity index (χ4v) is 2.81. The van der Waals surface area contributed by atoms with Gasteiger partial charge < -0.3 is 23.7 Å². The maximum atomic E-state index is 5.92. The maximum Gasteiger partial charge on any atom is 0.190 e. The molecule has 0 bridgehead atoms. The smallest absolute Gasteiger partial charge is 0.190 e. The summed E-state index contributed by atoms with van der Waals surface area (Å²) in [5.41, 5.74) is 0. The largest absolute Gasteiger partial charge is 0.344 e. The molecule has 5 heteroatoms. The molecule has 0 unspecified atom stereocenters. The Bertz CT molecular complexity index is 327. The maximum absolute atomic E-state index is 5.92. The average Bonchev–Trinajstić information content (AvgIpc) is 2.62. The molecule has 0 spiro atoms. The minimum Gasteiger partial charge on any atom is -0.344 e. The van der Waals surface area contributed by atoms with Gasteiger partial charge in [0.1, 0.15) is 18.3 Å². The lowest BCUT2D eigenvalue weighted by Crippen LogP contribution is -2.53. The second kappa shape index (κ2) is 3.42. The summed E-state index contributed by atoms with van der Waals surface area (Å²) in [6, 6.07) is 0. The van der Waals surface area contributed by atoms with Crippen LogP contribution < -0.4 is 0 Å². The van der Waals surface area contributed by atoms with E-state index < -0.39 is 11.6 Å². The predicted molar refractivity (Wildman–Crippen MR) is 58.2 cm³/mol. The number of hydrogen-bond donors (Lipinski definition) is 0. The number of rotatable bonds is 0. The van der Waals surface area contributed by atoms with Crippen LogP contribution in [0.3, 0.4) is 0 Å². The molecule has 98 valence electrons. The molecule has 5 nitrogen and oxygen atoms in total. The monoisotopic (exact) mass is 244 g/mol. The van der Waals surface area contributed by atoms with E-state index in [0.717, 1.165) is 0 Å². The van der Waals surface area contributed by atoms with Crippen molar-refractivity contribution in [2.24, 2.45) is 0 Å². The number of fused-ring (bicyclic) bond motifs is 3.